The van der Waals surface area contributed by atoms with E-state index in [1.165, 1.54) is 42.4 Å². The van der Waals surface area contributed by atoms with Crippen LogP contribution in [0, 0.1) is 5.92 Å². The zero-order chi connectivity index (χ0) is 18.4. The smallest absolute Gasteiger partial charge is 0.387 e. The molecule has 1 atom stereocenters. The number of methoxy groups -OCH3 is 1. The molecule has 0 saturated carbocycles. The summed E-state index contributed by atoms with van der Waals surface area (Å²) in [6.07, 6.45) is 4.05. The number of piperidine rings is 1. The lowest BCUT2D eigenvalue weighted by Gasteiger charge is -2.29. The summed E-state index contributed by atoms with van der Waals surface area (Å²) >= 11 is 0. The molecule has 2 rings (SSSR count). The van der Waals surface area contributed by atoms with E-state index in [4.69, 9.17) is 9.84 Å². The number of carbonyl (C=O) groups is 2. The fourth-order valence-corrected chi connectivity index (χ4v) is 2.63. The van der Waals surface area contributed by atoms with Crippen LogP contribution in [0.5, 0.6) is 11.5 Å². The molecule has 1 saturated heterocycles. The van der Waals surface area contributed by atoms with Crippen LogP contribution in [0.15, 0.2) is 24.3 Å². The molecule has 8 heteroatoms. The summed E-state index contributed by atoms with van der Waals surface area (Å²) in [7, 11) is 1.33. The maximum Gasteiger partial charge on any atom is 0.387 e. The second-order valence-corrected chi connectivity index (χ2v) is 5.58. The largest absolute Gasteiger partial charge is 0.493 e. The fraction of sp³-hybridized carbons (Fsp3) is 0.412. The van der Waals surface area contributed by atoms with Crippen molar-refractivity contribution in [1.82, 2.24) is 4.90 Å². The molecule has 0 bridgehead atoms. The van der Waals surface area contributed by atoms with E-state index < -0.39 is 18.5 Å². The van der Waals surface area contributed by atoms with Crippen molar-refractivity contribution in [3.05, 3.63) is 29.8 Å². The van der Waals surface area contributed by atoms with Gasteiger partial charge in [-0.25, -0.2) is 0 Å². The first-order valence-electron chi connectivity index (χ1n) is 7.73. The molecule has 1 fully saturated rings. The number of hydrogen-bond donors (Lipinski definition) is 1. The van der Waals surface area contributed by atoms with Crippen LogP contribution in [0.3, 0.4) is 0 Å². The van der Waals surface area contributed by atoms with Gasteiger partial charge in [-0.1, -0.05) is 6.07 Å². The molecule has 1 N–H and O–H groups in total. The van der Waals surface area contributed by atoms with E-state index in [2.05, 4.69) is 4.74 Å². The van der Waals surface area contributed by atoms with Crippen molar-refractivity contribution in [3.8, 4) is 11.5 Å². The van der Waals surface area contributed by atoms with Gasteiger partial charge in [-0.3, -0.25) is 9.59 Å². The molecule has 1 aliphatic heterocycles. The lowest BCUT2D eigenvalue weighted by Crippen LogP contribution is -2.41. The molecule has 1 aromatic carbocycles. The summed E-state index contributed by atoms with van der Waals surface area (Å²) in [6.45, 7) is -2.27. The summed E-state index contributed by atoms with van der Waals surface area (Å²) in [4.78, 5) is 24.7. The van der Waals surface area contributed by atoms with Crippen molar-refractivity contribution in [1.29, 1.82) is 0 Å². The Morgan fingerprint density at radius 3 is 2.76 bits per heavy atom. The highest BCUT2D eigenvalue weighted by Gasteiger charge is 2.27. The fourth-order valence-electron chi connectivity index (χ4n) is 2.63. The minimum atomic E-state index is -2.96. The maximum atomic E-state index is 12.3. The highest BCUT2D eigenvalue weighted by atomic mass is 19.3. The summed E-state index contributed by atoms with van der Waals surface area (Å²) < 4.78 is 33.9. The topological polar surface area (TPSA) is 76.1 Å². The number of amides is 1. The van der Waals surface area contributed by atoms with Crippen LogP contribution in [0.1, 0.15) is 18.4 Å². The number of carboxylic acids is 1. The van der Waals surface area contributed by atoms with Crippen LogP contribution in [0.2, 0.25) is 0 Å². The van der Waals surface area contributed by atoms with Crippen molar-refractivity contribution in [2.24, 2.45) is 5.92 Å². The molecular weight excluding hydrogens is 336 g/mol. The number of carboxylic acid groups (broad SMARTS) is 1. The number of rotatable bonds is 6. The van der Waals surface area contributed by atoms with Gasteiger partial charge in [0, 0.05) is 19.2 Å². The Labute approximate surface area is 143 Å². The normalized spacial score (nSPS) is 17.8. The molecule has 0 unspecified atom stereocenters. The highest BCUT2D eigenvalue weighted by molar-refractivity contribution is 5.92. The molecule has 0 radical (unpaired) electrons. The molecule has 0 aliphatic carbocycles. The van der Waals surface area contributed by atoms with Crippen molar-refractivity contribution in [3.63, 3.8) is 0 Å². The Bertz CT molecular complexity index is 662. The number of ether oxygens (including phenoxy) is 2. The third kappa shape index (κ3) is 5.17. The zero-order valence-corrected chi connectivity index (χ0v) is 13.7. The first kappa shape index (κ1) is 18.7. The van der Waals surface area contributed by atoms with Crippen LogP contribution in [0.25, 0.3) is 6.08 Å². The number of halogens is 2. The summed E-state index contributed by atoms with van der Waals surface area (Å²) in [5, 5.41) is 9.06. The number of benzene rings is 1. The highest BCUT2D eigenvalue weighted by Crippen LogP contribution is 2.30. The van der Waals surface area contributed by atoms with Gasteiger partial charge in [0.15, 0.2) is 11.5 Å². The van der Waals surface area contributed by atoms with Crippen LogP contribution in [-0.4, -0.2) is 48.7 Å². The van der Waals surface area contributed by atoms with Gasteiger partial charge in [0.25, 0.3) is 0 Å². The van der Waals surface area contributed by atoms with E-state index in [0.717, 1.165) is 0 Å². The zero-order valence-electron chi connectivity index (χ0n) is 13.7. The molecule has 25 heavy (non-hydrogen) atoms. The average Bonchev–Trinajstić information content (AvgIpc) is 2.60. The SMILES string of the molecule is COc1cc(/C=C/C(=O)N2CCC[C@H](C(=O)O)C2)ccc1OC(F)F. The lowest BCUT2D eigenvalue weighted by molar-refractivity contribution is -0.144. The molecule has 1 heterocycles. The number of hydrogen-bond acceptors (Lipinski definition) is 4. The number of aliphatic carboxylic acids is 1. The Morgan fingerprint density at radius 1 is 1.36 bits per heavy atom. The monoisotopic (exact) mass is 355 g/mol. The Morgan fingerprint density at radius 2 is 2.12 bits per heavy atom. The van der Waals surface area contributed by atoms with Crippen molar-refractivity contribution in [2.45, 2.75) is 19.5 Å². The van der Waals surface area contributed by atoms with Crippen LogP contribution < -0.4 is 9.47 Å². The first-order chi connectivity index (χ1) is 11.9. The second kappa shape index (κ2) is 8.46. The van der Waals surface area contributed by atoms with Crippen LogP contribution in [-0.2, 0) is 9.59 Å². The van der Waals surface area contributed by atoms with Gasteiger partial charge < -0.3 is 19.5 Å². The minimum absolute atomic E-state index is 0.0960. The third-order valence-electron chi connectivity index (χ3n) is 3.90. The molecule has 136 valence electrons. The molecule has 0 spiro atoms. The molecule has 1 amide bonds. The lowest BCUT2D eigenvalue weighted by atomic mass is 9.98. The molecule has 1 aliphatic rings. The van der Waals surface area contributed by atoms with E-state index in [1.54, 1.807) is 0 Å². The standard InChI is InChI=1S/C17H19F2NO5/c1-24-14-9-11(4-6-13(14)25-17(18)19)5-7-15(21)20-8-2-3-12(10-20)16(22)23/h4-7,9,12,17H,2-3,8,10H2,1H3,(H,22,23)/b7-5+/t12-/m0/s1. The summed E-state index contributed by atoms with van der Waals surface area (Å²) in [6, 6.07) is 4.31. The average molecular weight is 355 g/mol. The van der Waals surface area contributed by atoms with E-state index >= 15 is 0 Å². The van der Waals surface area contributed by atoms with Gasteiger partial charge in [0.1, 0.15) is 0 Å². The Balaban J connectivity index is 2.05. The number of alkyl halides is 2. The summed E-state index contributed by atoms with van der Waals surface area (Å²) in [5.74, 6) is -1.71. The minimum Gasteiger partial charge on any atom is -0.493 e. The molecule has 1 aromatic rings. The van der Waals surface area contributed by atoms with Crippen molar-refractivity contribution >= 4 is 18.0 Å². The molecule has 6 nitrogen and oxygen atoms in total. The van der Waals surface area contributed by atoms with E-state index in [-0.39, 0.29) is 24.0 Å². The number of carbonyl (C=O) groups excluding carboxylic acids is 1. The third-order valence-corrected chi connectivity index (χ3v) is 3.90. The van der Waals surface area contributed by atoms with Gasteiger partial charge in [-0.15, -0.1) is 0 Å². The predicted octanol–water partition coefficient (Wildman–Crippen LogP) is 2.63. The van der Waals surface area contributed by atoms with Gasteiger partial charge in [-0.05, 0) is 36.6 Å². The summed E-state index contributed by atoms with van der Waals surface area (Å²) in [5.41, 5.74) is 0.568. The van der Waals surface area contributed by atoms with Gasteiger partial charge in [-0.2, -0.15) is 8.78 Å². The quantitative estimate of drug-likeness (QED) is 0.794. The predicted molar refractivity (Wildman–Crippen MR) is 85.6 cm³/mol. The van der Waals surface area contributed by atoms with Crippen molar-refractivity contribution < 1.29 is 33.0 Å². The molecule has 0 aromatic heterocycles. The van der Waals surface area contributed by atoms with Crippen molar-refractivity contribution in [2.75, 3.05) is 20.2 Å². The van der Waals surface area contributed by atoms with E-state index in [0.29, 0.717) is 24.9 Å². The van der Waals surface area contributed by atoms with E-state index in [9.17, 15) is 18.4 Å². The van der Waals surface area contributed by atoms with Gasteiger partial charge >= 0.3 is 12.6 Å². The van der Waals surface area contributed by atoms with Crippen LogP contribution in [0.4, 0.5) is 8.78 Å². The van der Waals surface area contributed by atoms with Gasteiger partial charge in [0.2, 0.25) is 5.91 Å². The second-order valence-electron chi connectivity index (χ2n) is 5.58. The molecular formula is C17H19F2NO5. The Kier molecular flexibility index (Phi) is 6.32. The first-order valence-corrected chi connectivity index (χ1v) is 7.73. The number of likely N-dealkylation sites (tertiary alicyclic amines) is 1. The van der Waals surface area contributed by atoms with Gasteiger partial charge in [0.05, 0.1) is 13.0 Å². The maximum absolute atomic E-state index is 12.3. The van der Waals surface area contributed by atoms with E-state index in [1.807, 2.05) is 0 Å². The number of nitrogens with zero attached hydrogens (tertiary/aromatic N) is 1. The van der Waals surface area contributed by atoms with Crippen LogP contribution >= 0.6 is 0 Å². The Hall–Kier alpha value is -2.64.